The molecule has 2 heterocycles. The summed E-state index contributed by atoms with van der Waals surface area (Å²) in [5.41, 5.74) is 7.29. The molecule has 0 saturated heterocycles. The molecular weight excluding hydrogens is 306 g/mol. The van der Waals surface area contributed by atoms with Gasteiger partial charge in [0.05, 0.1) is 25.1 Å². The molecule has 3 atom stereocenters. The summed E-state index contributed by atoms with van der Waals surface area (Å²) in [6, 6.07) is 9.39. The van der Waals surface area contributed by atoms with Crippen LogP contribution >= 0.6 is 0 Å². The summed E-state index contributed by atoms with van der Waals surface area (Å²) in [6.07, 6.45) is 5.03. The molecule has 1 unspecified atom stereocenters. The predicted molar refractivity (Wildman–Crippen MR) is 88.0 cm³/mol. The average Bonchev–Trinajstić information content (AvgIpc) is 3.31. The lowest BCUT2D eigenvalue weighted by Gasteiger charge is -2.17. The molecule has 7 nitrogen and oxygen atoms in total. The van der Waals surface area contributed by atoms with Crippen LogP contribution in [0.1, 0.15) is 43.2 Å². The van der Waals surface area contributed by atoms with Crippen molar-refractivity contribution in [1.82, 2.24) is 19.7 Å². The maximum atomic E-state index is 6.19. The second kappa shape index (κ2) is 7.37. The quantitative estimate of drug-likeness (QED) is 0.717. The van der Waals surface area contributed by atoms with E-state index in [0.717, 1.165) is 5.56 Å². The lowest BCUT2D eigenvalue weighted by Crippen LogP contribution is -2.26. The van der Waals surface area contributed by atoms with Crippen LogP contribution in [-0.4, -0.2) is 25.8 Å². The zero-order valence-electron chi connectivity index (χ0n) is 13.7. The molecule has 0 fully saturated rings. The summed E-state index contributed by atoms with van der Waals surface area (Å²) >= 11 is 0. The van der Waals surface area contributed by atoms with Crippen molar-refractivity contribution in [2.45, 2.75) is 38.6 Å². The summed E-state index contributed by atoms with van der Waals surface area (Å²) < 4.78 is 13.0. The Morgan fingerprint density at radius 1 is 1.25 bits per heavy atom. The molecule has 0 bridgehead atoms. The number of nitrogens with two attached hydrogens (primary N) is 1. The van der Waals surface area contributed by atoms with E-state index >= 15 is 0 Å². The van der Waals surface area contributed by atoms with Crippen LogP contribution in [0.3, 0.4) is 0 Å². The van der Waals surface area contributed by atoms with Crippen molar-refractivity contribution in [1.29, 1.82) is 0 Å². The van der Waals surface area contributed by atoms with Crippen LogP contribution in [0.4, 0.5) is 0 Å². The van der Waals surface area contributed by atoms with Crippen molar-refractivity contribution < 1.29 is 9.26 Å². The molecule has 2 N–H and O–H groups in total. The molecule has 24 heavy (non-hydrogen) atoms. The summed E-state index contributed by atoms with van der Waals surface area (Å²) in [4.78, 5) is 8.43. The minimum Gasteiger partial charge on any atom is -0.372 e. The Balaban J connectivity index is 1.61. The van der Waals surface area contributed by atoms with Gasteiger partial charge in [0.15, 0.2) is 5.82 Å². The Labute approximate surface area is 140 Å². The highest BCUT2D eigenvalue weighted by Crippen LogP contribution is 2.20. The Kier molecular flexibility index (Phi) is 5.02. The molecule has 0 aliphatic heterocycles. The molecule has 0 aliphatic rings. The lowest BCUT2D eigenvalue weighted by atomic mass is 10.2. The van der Waals surface area contributed by atoms with Crippen LogP contribution in [0.15, 0.2) is 53.6 Å². The van der Waals surface area contributed by atoms with Gasteiger partial charge in [0, 0.05) is 12.4 Å². The standard InChI is InChI=1S/C17H21N5O2/c1-12(22-9-8-19-11-22)16-20-17(24-21-16)15(18)13(2)23-10-14-6-4-3-5-7-14/h3-9,11-13,15H,10,18H2,1-2H3/t12?,13-,15+/m0/s1. The monoisotopic (exact) mass is 327 g/mol. The smallest absolute Gasteiger partial charge is 0.246 e. The van der Waals surface area contributed by atoms with Crippen molar-refractivity contribution in [2.75, 3.05) is 0 Å². The molecule has 3 aromatic rings. The highest BCUT2D eigenvalue weighted by molar-refractivity contribution is 5.13. The van der Waals surface area contributed by atoms with Gasteiger partial charge in [-0.05, 0) is 19.4 Å². The summed E-state index contributed by atoms with van der Waals surface area (Å²) in [6.45, 7) is 4.36. The van der Waals surface area contributed by atoms with E-state index in [4.69, 9.17) is 15.0 Å². The van der Waals surface area contributed by atoms with Gasteiger partial charge in [-0.3, -0.25) is 0 Å². The number of hydrogen-bond donors (Lipinski definition) is 1. The molecule has 3 rings (SSSR count). The molecule has 0 aliphatic carbocycles. The molecule has 0 spiro atoms. The number of ether oxygens (including phenoxy) is 1. The third kappa shape index (κ3) is 3.69. The molecule has 7 heteroatoms. The third-order valence-electron chi connectivity index (χ3n) is 3.95. The van der Waals surface area contributed by atoms with E-state index in [9.17, 15) is 0 Å². The van der Waals surface area contributed by atoms with Gasteiger partial charge in [-0.25, -0.2) is 4.98 Å². The van der Waals surface area contributed by atoms with Crippen LogP contribution < -0.4 is 5.73 Å². The molecular formula is C17H21N5O2. The van der Waals surface area contributed by atoms with E-state index in [1.807, 2.05) is 54.9 Å². The van der Waals surface area contributed by atoms with Crippen molar-refractivity contribution in [3.63, 3.8) is 0 Å². The van der Waals surface area contributed by atoms with Crippen LogP contribution in [0.2, 0.25) is 0 Å². The molecule has 1 aromatic carbocycles. The Morgan fingerprint density at radius 2 is 2.04 bits per heavy atom. The molecule has 0 radical (unpaired) electrons. The van der Waals surface area contributed by atoms with Gasteiger partial charge in [0.2, 0.25) is 5.89 Å². The Morgan fingerprint density at radius 3 is 2.75 bits per heavy atom. The Hall–Kier alpha value is -2.51. The van der Waals surface area contributed by atoms with Crippen molar-refractivity contribution in [3.8, 4) is 0 Å². The third-order valence-corrected chi connectivity index (χ3v) is 3.95. The van der Waals surface area contributed by atoms with Gasteiger partial charge < -0.3 is 19.6 Å². The van der Waals surface area contributed by atoms with E-state index in [1.165, 1.54) is 0 Å². The molecule has 0 amide bonds. The number of nitrogens with zero attached hydrogens (tertiary/aromatic N) is 4. The van der Waals surface area contributed by atoms with Gasteiger partial charge in [0.1, 0.15) is 6.04 Å². The molecule has 0 saturated carbocycles. The van der Waals surface area contributed by atoms with Crippen molar-refractivity contribution in [2.24, 2.45) is 5.73 Å². The first kappa shape index (κ1) is 16.4. The summed E-state index contributed by atoms with van der Waals surface area (Å²) in [5, 5.41) is 4.02. The highest BCUT2D eigenvalue weighted by atomic mass is 16.5. The second-order valence-electron chi connectivity index (χ2n) is 5.70. The van der Waals surface area contributed by atoms with Gasteiger partial charge >= 0.3 is 0 Å². The van der Waals surface area contributed by atoms with E-state index in [1.54, 1.807) is 12.5 Å². The zero-order chi connectivity index (χ0) is 16.9. The fourth-order valence-corrected chi connectivity index (χ4v) is 2.29. The number of imidazole rings is 1. The maximum Gasteiger partial charge on any atom is 0.246 e. The van der Waals surface area contributed by atoms with Gasteiger partial charge in [-0.1, -0.05) is 35.5 Å². The minimum absolute atomic E-state index is 0.0715. The normalized spacial score (nSPS) is 15.1. The molecule has 126 valence electrons. The van der Waals surface area contributed by atoms with Gasteiger partial charge in [-0.2, -0.15) is 4.98 Å². The fraction of sp³-hybridized carbons (Fsp3) is 0.353. The number of hydrogen-bond acceptors (Lipinski definition) is 6. The van der Waals surface area contributed by atoms with Gasteiger partial charge in [0.25, 0.3) is 0 Å². The van der Waals surface area contributed by atoms with E-state index in [-0.39, 0.29) is 12.1 Å². The van der Waals surface area contributed by atoms with Gasteiger partial charge in [-0.15, -0.1) is 0 Å². The second-order valence-corrected chi connectivity index (χ2v) is 5.70. The fourth-order valence-electron chi connectivity index (χ4n) is 2.29. The minimum atomic E-state index is -0.482. The highest BCUT2D eigenvalue weighted by Gasteiger charge is 2.24. The lowest BCUT2D eigenvalue weighted by molar-refractivity contribution is 0.0286. The first-order valence-corrected chi connectivity index (χ1v) is 7.87. The summed E-state index contributed by atoms with van der Waals surface area (Å²) in [7, 11) is 0. The predicted octanol–water partition coefficient (Wildman–Crippen LogP) is 2.48. The van der Waals surface area contributed by atoms with E-state index in [2.05, 4.69) is 15.1 Å². The van der Waals surface area contributed by atoms with Crippen LogP contribution in [-0.2, 0) is 11.3 Å². The topological polar surface area (TPSA) is 92.0 Å². The van der Waals surface area contributed by atoms with Crippen molar-refractivity contribution in [3.05, 3.63) is 66.3 Å². The van der Waals surface area contributed by atoms with E-state index in [0.29, 0.717) is 18.3 Å². The molecule has 2 aromatic heterocycles. The van der Waals surface area contributed by atoms with Crippen LogP contribution in [0.5, 0.6) is 0 Å². The van der Waals surface area contributed by atoms with Crippen molar-refractivity contribution >= 4 is 0 Å². The zero-order valence-corrected chi connectivity index (χ0v) is 13.7. The Bertz CT molecular complexity index is 741. The first-order chi connectivity index (χ1) is 11.6. The number of benzene rings is 1. The summed E-state index contributed by atoms with van der Waals surface area (Å²) in [5.74, 6) is 0.936. The maximum absolute atomic E-state index is 6.19. The SMILES string of the molecule is CC(c1noc([C@H](N)[C@H](C)OCc2ccccc2)n1)n1ccnc1. The first-order valence-electron chi connectivity index (χ1n) is 7.87. The van der Waals surface area contributed by atoms with Crippen LogP contribution in [0, 0.1) is 0 Å². The number of rotatable bonds is 7. The average molecular weight is 327 g/mol. The van der Waals surface area contributed by atoms with E-state index < -0.39 is 6.04 Å². The largest absolute Gasteiger partial charge is 0.372 e. The van der Waals surface area contributed by atoms with Crippen LogP contribution in [0.25, 0.3) is 0 Å². The number of aromatic nitrogens is 4.